The second kappa shape index (κ2) is 8.18. The summed E-state index contributed by atoms with van der Waals surface area (Å²) in [7, 11) is 0. The molecule has 0 fully saturated rings. The SMILES string of the molecule is O=C(CN1CCc2nc(NC(=O)c3ccccn3)sc2C1)c1ccc(Cl)cc1. The average molecular weight is 413 g/mol. The number of carbonyl (C=O) groups is 2. The maximum atomic E-state index is 12.5. The van der Waals surface area contributed by atoms with Crippen LogP contribution < -0.4 is 5.32 Å². The Labute approximate surface area is 171 Å². The lowest BCUT2D eigenvalue weighted by Gasteiger charge is -2.25. The Hall–Kier alpha value is -2.61. The standard InChI is InChI=1S/C20H17ClN4O2S/c21-14-6-4-13(5-7-14)17(26)11-25-10-8-15-18(12-25)28-20(23-15)24-19(27)16-3-1-2-9-22-16/h1-7,9H,8,10-12H2,(H,23,24,27). The van der Waals surface area contributed by atoms with Gasteiger partial charge in [-0.25, -0.2) is 4.98 Å². The van der Waals surface area contributed by atoms with E-state index in [0.29, 0.717) is 34.5 Å². The van der Waals surface area contributed by atoms with Crippen LogP contribution in [0, 0.1) is 0 Å². The number of anilines is 1. The third-order valence-electron chi connectivity index (χ3n) is 4.46. The molecule has 8 heteroatoms. The summed E-state index contributed by atoms with van der Waals surface area (Å²) in [4.78, 5) is 36.5. The first-order valence-electron chi connectivity index (χ1n) is 8.80. The molecule has 0 aliphatic carbocycles. The second-order valence-corrected chi connectivity index (χ2v) is 7.97. The van der Waals surface area contributed by atoms with Crippen LogP contribution in [0.25, 0.3) is 0 Å². The minimum Gasteiger partial charge on any atom is -0.296 e. The summed E-state index contributed by atoms with van der Waals surface area (Å²) in [5, 5.41) is 3.99. The molecule has 3 heterocycles. The lowest BCUT2D eigenvalue weighted by Crippen LogP contribution is -2.34. The highest BCUT2D eigenvalue weighted by molar-refractivity contribution is 7.15. The third kappa shape index (κ3) is 4.27. The maximum absolute atomic E-state index is 12.5. The van der Waals surface area contributed by atoms with Gasteiger partial charge in [0.05, 0.1) is 12.2 Å². The quantitative estimate of drug-likeness (QED) is 0.647. The summed E-state index contributed by atoms with van der Waals surface area (Å²) in [5.41, 5.74) is 1.99. The minimum absolute atomic E-state index is 0.0633. The lowest BCUT2D eigenvalue weighted by molar-refractivity contribution is 0.0921. The van der Waals surface area contributed by atoms with Crippen molar-refractivity contribution in [1.82, 2.24) is 14.9 Å². The van der Waals surface area contributed by atoms with Gasteiger partial charge >= 0.3 is 0 Å². The van der Waals surface area contributed by atoms with Gasteiger partial charge in [-0.1, -0.05) is 17.7 Å². The summed E-state index contributed by atoms with van der Waals surface area (Å²) >= 11 is 7.33. The molecule has 1 amide bonds. The number of hydrogen-bond donors (Lipinski definition) is 1. The number of rotatable bonds is 5. The fourth-order valence-corrected chi connectivity index (χ4v) is 4.20. The van der Waals surface area contributed by atoms with Crippen LogP contribution in [0.15, 0.2) is 48.7 Å². The predicted octanol–water partition coefficient (Wildman–Crippen LogP) is 3.68. The van der Waals surface area contributed by atoms with E-state index in [0.717, 1.165) is 23.5 Å². The zero-order valence-corrected chi connectivity index (χ0v) is 16.5. The lowest BCUT2D eigenvalue weighted by atomic mass is 10.1. The van der Waals surface area contributed by atoms with Crippen molar-refractivity contribution in [2.24, 2.45) is 0 Å². The van der Waals surface area contributed by atoms with Crippen LogP contribution in [0.2, 0.25) is 5.02 Å². The molecular formula is C20H17ClN4O2S. The Morgan fingerprint density at radius 3 is 2.75 bits per heavy atom. The zero-order chi connectivity index (χ0) is 19.5. The maximum Gasteiger partial charge on any atom is 0.276 e. The molecule has 0 saturated heterocycles. The molecule has 3 aromatic rings. The van der Waals surface area contributed by atoms with Crippen molar-refractivity contribution in [1.29, 1.82) is 0 Å². The highest BCUT2D eigenvalue weighted by Gasteiger charge is 2.23. The predicted molar refractivity (Wildman–Crippen MR) is 109 cm³/mol. The van der Waals surface area contributed by atoms with Crippen LogP contribution in [0.3, 0.4) is 0 Å². The molecule has 1 N–H and O–H groups in total. The van der Waals surface area contributed by atoms with Gasteiger partial charge in [-0.2, -0.15) is 0 Å². The molecule has 0 radical (unpaired) electrons. The molecule has 1 aliphatic rings. The second-order valence-electron chi connectivity index (χ2n) is 6.45. The van der Waals surface area contributed by atoms with E-state index in [1.165, 1.54) is 11.3 Å². The van der Waals surface area contributed by atoms with E-state index in [-0.39, 0.29) is 11.7 Å². The fourth-order valence-electron chi connectivity index (χ4n) is 3.03. The molecule has 0 atom stereocenters. The van der Waals surface area contributed by atoms with E-state index in [9.17, 15) is 9.59 Å². The van der Waals surface area contributed by atoms with Crippen LogP contribution in [-0.2, 0) is 13.0 Å². The molecule has 0 spiro atoms. The number of Topliss-reactive ketones (excluding diaryl/α,β-unsaturated/α-hetero) is 1. The van der Waals surface area contributed by atoms with Crippen LogP contribution in [-0.4, -0.2) is 39.6 Å². The molecule has 0 saturated carbocycles. The number of aromatic nitrogens is 2. The van der Waals surface area contributed by atoms with E-state index in [1.54, 1.807) is 48.7 Å². The fraction of sp³-hybridized carbons (Fsp3) is 0.200. The number of carbonyl (C=O) groups excluding carboxylic acids is 2. The van der Waals surface area contributed by atoms with E-state index in [4.69, 9.17) is 11.6 Å². The third-order valence-corrected chi connectivity index (χ3v) is 5.71. The number of benzene rings is 1. The van der Waals surface area contributed by atoms with Gasteiger partial charge in [0.2, 0.25) is 0 Å². The van der Waals surface area contributed by atoms with Gasteiger partial charge < -0.3 is 0 Å². The van der Waals surface area contributed by atoms with E-state index < -0.39 is 0 Å². The first-order chi connectivity index (χ1) is 13.6. The minimum atomic E-state index is -0.276. The molecule has 4 rings (SSSR count). The molecule has 142 valence electrons. The van der Waals surface area contributed by atoms with E-state index in [2.05, 4.69) is 20.2 Å². The summed E-state index contributed by atoms with van der Waals surface area (Å²) in [6, 6.07) is 12.1. The average Bonchev–Trinajstić information content (AvgIpc) is 3.10. The van der Waals surface area contributed by atoms with Gasteiger partial charge in [0.1, 0.15) is 5.69 Å². The molecule has 6 nitrogen and oxygen atoms in total. The van der Waals surface area contributed by atoms with Crippen molar-refractivity contribution in [3.63, 3.8) is 0 Å². The Bertz CT molecular complexity index is 1000. The summed E-state index contributed by atoms with van der Waals surface area (Å²) in [5.74, 6) is -0.213. The van der Waals surface area contributed by atoms with Crippen molar-refractivity contribution in [3.8, 4) is 0 Å². The smallest absolute Gasteiger partial charge is 0.276 e. The van der Waals surface area contributed by atoms with E-state index in [1.807, 2.05) is 0 Å². The normalized spacial score (nSPS) is 13.8. The largest absolute Gasteiger partial charge is 0.296 e. The van der Waals surface area contributed by atoms with Crippen molar-refractivity contribution >= 4 is 39.8 Å². The molecule has 0 bridgehead atoms. The molecule has 28 heavy (non-hydrogen) atoms. The van der Waals surface area contributed by atoms with Gasteiger partial charge in [0, 0.05) is 41.2 Å². The van der Waals surface area contributed by atoms with Gasteiger partial charge in [-0.15, -0.1) is 11.3 Å². The van der Waals surface area contributed by atoms with Gasteiger partial charge in [-0.05, 0) is 36.4 Å². The number of nitrogens with one attached hydrogen (secondary N) is 1. The van der Waals surface area contributed by atoms with Crippen LogP contribution >= 0.6 is 22.9 Å². The summed E-state index contributed by atoms with van der Waals surface area (Å²) in [6.45, 7) is 1.74. The van der Waals surface area contributed by atoms with Crippen molar-refractivity contribution in [2.75, 3.05) is 18.4 Å². The Morgan fingerprint density at radius 1 is 1.18 bits per heavy atom. The highest BCUT2D eigenvalue weighted by atomic mass is 35.5. The molecule has 1 aliphatic heterocycles. The number of amides is 1. The number of ketones is 1. The van der Waals surface area contributed by atoms with Crippen LogP contribution in [0.1, 0.15) is 31.4 Å². The summed E-state index contributed by atoms with van der Waals surface area (Å²) < 4.78 is 0. The van der Waals surface area contributed by atoms with Crippen LogP contribution in [0.4, 0.5) is 5.13 Å². The number of thiazole rings is 1. The zero-order valence-electron chi connectivity index (χ0n) is 14.9. The molecule has 1 aromatic carbocycles. The van der Waals surface area contributed by atoms with Gasteiger partial charge in [-0.3, -0.25) is 24.8 Å². The number of fused-ring (bicyclic) bond motifs is 1. The molecule has 0 unspecified atom stereocenters. The van der Waals surface area contributed by atoms with E-state index >= 15 is 0 Å². The monoisotopic (exact) mass is 412 g/mol. The molecule has 2 aromatic heterocycles. The summed E-state index contributed by atoms with van der Waals surface area (Å²) in [6.07, 6.45) is 2.33. The van der Waals surface area contributed by atoms with Crippen molar-refractivity contribution < 1.29 is 9.59 Å². The van der Waals surface area contributed by atoms with Crippen molar-refractivity contribution in [2.45, 2.75) is 13.0 Å². The van der Waals surface area contributed by atoms with Gasteiger partial charge in [0.25, 0.3) is 5.91 Å². The number of pyridine rings is 1. The van der Waals surface area contributed by atoms with Gasteiger partial charge in [0.15, 0.2) is 10.9 Å². The molecular weight excluding hydrogens is 396 g/mol. The first-order valence-corrected chi connectivity index (χ1v) is 10.00. The topological polar surface area (TPSA) is 75.2 Å². The van der Waals surface area contributed by atoms with Crippen LogP contribution in [0.5, 0.6) is 0 Å². The first kappa shape index (κ1) is 18.7. The number of halogens is 1. The number of hydrogen-bond acceptors (Lipinski definition) is 6. The van der Waals surface area contributed by atoms with Crippen molar-refractivity contribution in [3.05, 3.63) is 75.5 Å². The Kier molecular flexibility index (Phi) is 5.47. The Morgan fingerprint density at radius 2 is 2.00 bits per heavy atom. The Balaban J connectivity index is 1.39. The number of nitrogens with zero attached hydrogens (tertiary/aromatic N) is 3. The highest BCUT2D eigenvalue weighted by Crippen LogP contribution is 2.28.